The number of nitrogens with zero attached hydrogens (tertiary/aromatic N) is 2. The van der Waals surface area contributed by atoms with Crippen molar-refractivity contribution in [3.05, 3.63) is 53.0 Å². The normalized spacial score (nSPS) is 25.7. The average molecular weight is 421 g/mol. The zero-order valence-electron chi connectivity index (χ0n) is 15.6. The number of hydrogen-bond acceptors (Lipinski definition) is 6. The number of aromatic amines is 1. The molecule has 1 aromatic carbocycles. The molecular formula is C20H18F3N3O4. The van der Waals surface area contributed by atoms with Crippen molar-refractivity contribution in [3.63, 3.8) is 0 Å². The molecule has 2 fully saturated rings. The van der Waals surface area contributed by atoms with Crippen LogP contribution in [0.15, 0.2) is 24.3 Å². The molecule has 0 saturated carbocycles. The van der Waals surface area contributed by atoms with Crippen molar-refractivity contribution < 1.29 is 32.5 Å². The van der Waals surface area contributed by atoms with E-state index >= 15 is 0 Å². The lowest BCUT2D eigenvalue weighted by molar-refractivity contribution is 0.00706. The van der Waals surface area contributed by atoms with Crippen molar-refractivity contribution in [3.8, 4) is 6.01 Å². The number of aliphatic hydroxyl groups excluding tert-OH is 1. The second-order valence-electron chi connectivity index (χ2n) is 7.35. The molecule has 158 valence electrons. The fourth-order valence-corrected chi connectivity index (χ4v) is 3.87. The number of nitrogens with one attached hydrogen (secondary N) is 1. The van der Waals surface area contributed by atoms with E-state index < -0.39 is 41.9 Å². The first-order valence-corrected chi connectivity index (χ1v) is 9.55. The molecule has 0 aliphatic carbocycles. The molecule has 3 aromatic rings. The molecule has 4 heterocycles. The molecule has 0 bridgehead atoms. The maximum atomic E-state index is 14.5. The van der Waals surface area contributed by atoms with E-state index in [-0.39, 0.29) is 49.0 Å². The Bertz CT molecular complexity index is 1070. The molecule has 2 saturated heterocycles. The first-order valence-electron chi connectivity index (χ1n) is 9.55. The maximum Gasteiger partial charge on any atom is 0.296 e. The van der Waals surface area contributed by atoms with Gasteiger partial charge in [-0.3, -0.25) is 0 Å². The molecule has 2 aliphatic heterocycles. The lowest BCUT2D eigenvalue weighted by Crippen LogP contribution is -2.34. The number of benzene rings is 1. The topological polar surface area (TPSA) is 89.5 Å². The summed E-state index contributed by atoms with van der Waals surface area (Å²) in [5.41, 5.74) is 0.485. The number of fused-ring (bicyclic) bond motifs is 2. The third-order valence-electron chi connectivity index (χ3n) is 5.40. The maximum absolute atomic E-state index is 14.5. The van der Waals surface area contributed by atoms with Gasteiger partial charge in [0.25, 0.3) is 6.01 Å². The largest absolute Gasteiger partial charge is 0.456 e. The Balaban J connectivity index is 1.33. The number of aliphatic hydroxyl groups is 1. The zero-order chi connectivity index (χ0) is 20.8. The minimum atomic E-state index is -0.697. The van der Waals surface area contributed by atoms with Crippen LogP contribution >= 0.6 is 0 Å². The minimum absolute atomic E-state index is 0.00856. The van der Waals surface area contributed by atoms with Crippen LogP contribution in [0.1, 0.15) is 11.3 Å². The van der Waals surface area contributed by atoms with Crippen LogP contribution in [-0.2, 0) is 22.3 Å². The highest BCUT2D eigenvalue weighted by atomic mass is 19.1. The second kappa shape index (κ2) is 7.53. The molecular weight excluding hydrogens is 403 g/mol. The Morgan fingerprint density at radius 1 is 1.03 bits per heavy atom. The Morgan fingerprint density at radius 2 is 1.80 bits per heavy atom. The second-order valence-corrected chi connectivity index (χ2v) is 7.35. The molecule has 0 spiro atoms. The number of rotatable bonds is 5. The van der Waals surface area contributed by atoms with Crippen LogP contribution in [0, 0.1) is 17.5 Å². The number of H-pyrrole nitrogens is 1. The van der Waals surface area contributed by atoms with E-state index in [0.29, 0.717) is 5.52 Å². The zero-order valence-corrected chi connectivity index (χ0v) is 15.6. The molecule has 30 heavy (non-hydrogen) atoms. The first-order chi connectivity index (χ1) is 14.5. The summed E-state index contributed by atoms with van der Waals surface area (Å²) in [5.74, 6) is -1.97. The van der Waals surface area contributed by atoms with Gasteiger partial charge in [-0.1, -0.05) is 6.07 Å². The third kappa shape index (κ3) is 3.40. The van der Waals surface area contributed by atoms with Gasteiger partial charge in [-0.15, -0.1) is 0 Å². The molecule has 10 heteroatoms. The number of hydrogen-bond donors (Lipinski definition) is 2. The highest BCUT2D eigenvalue weighted by Gasteiger charge is 2.48. The van der Waals surface area contributed by atoms with Crippen LogP contribution in [0.4, 0.5) is 13.2 Å². The smallest absolute Gasteiger partial charge is 0.296 e. The fraction of sp³-hybridized carbons (Fsp3) is 0.400. The number of aromatic nitrogens is 3. The van der Waals surface area contributed by atoms with Gasteiger partial charge >= 0.3 is 0 Å². The molecule has 2 aliphatic rings. The molecule has 4 atom stereocenters. The minimum Gasteiger partial charge on any atom is -0.456 e. The summed E-state index contributed by atoms with van der Waals surface area (Å²) in [6.45, 7) is 0.402. The molecule has 0 unspecified atom stereocenters. The summed E-state index contributed by atoms with van der Waals surface area (Å²) in [5, 5.41) is 9.80. The van der Waals surface area contributed by atoms with Crippen molar-refractivity contribution in [1.82, 2.24) is 15.0 Å². The number of ether oxygens (including phenoxy) is 3. The van der Waals surface area contributed by atoms with Crippen LogP contribution in [0.2, 0.25) is 0 Å². The molecule has 5 rings (SSSR count). The Hall–Kier alpha value is -2.69. The van der Waals surface area contributed by atoms with Crippen LogP contribution in [0.5, 0.6) is 6.01 Å². The van der Waals surface area contributed by atoms with Gasteiger partial charge in [0.2, 0.25) is 0 Å². The Kier molecular flexibility index (Phi) is 4.84. The van der Waals surface area contributed by atoms with E-state index in [9.17, 15) is 18.3 Å². The fourth-order valence-electron chi connectivity index (χ4n) is 3.87. The van der Waals surface area contributed by atoms with Gasteiger partial charge < -0.3 is 24.3 Å². The molecule has 2 aromatic heterocycles. The van der Waals surface area contributed by atoms with Crippen LogP contribution < -0.4 is 4.74 Å². The van der Waals surface area contributed by atoms with Crippen molar-refractivity contribution in [1.29, 1.82) is 0 Å². The standard InChI is InChI=1S/C20H18F3N3O4/c21-10-2-1-3-11(22)9(10)4-5-13-12(23)6-14-19(24-13)26-20(25-14)30-16-8-29-17-15(27)7-28-18(16)17/h1-3,6,15-18,27H,4-5,7-8H2,(H,24,25,26)/t15-,16-,17-,18-/m1/s1. The van der Waals surface area contributed by atoms with Crippen molar-refractivity contribution in [2.75, 3.05) is 13.2 Å². The van der Waals surface area contributed by atoms with E-state index in [0.717, 1.165) is 12.1 Å². The Labute approximate surface area is 168 Å². The van der Waals surface area contributed by atoms with Gasteiger partial charge in [-0.25, -0.2) is 18.2 Å². The van der Waals surface area contributed by atoms with Crippen LogP contribution in [0.3, 0.4) is 0 Å². The summed E-state index contributed by atoms with van der Waals surface area (Å²) < 4.78 is 58.8. The predicted octanol–water partition coefficient (Wildman–Crippen LogP) is 2.07. The highest BCUT2D eigenvalue weighted by Crippen LogP contribution is 2.30. The summed E-state index contributed by atoms with van der Waals surface area (Å²) in [6.07, 6.45) is -2.05. The number of halogens is 3. The lowest BCUT2D eigenvalue weighted by Gasteiger charge is -2.15. The van der Waals surface area contributed by atoms with E-state index in [1.165, 1.54) is 12.1 Å². The highest BCUT2D eigenvalue weighted by molar-refractivity contribution is 5.71. The van der Waals surface area contributed by atoms with Gasteiger partial charge in [0.1, 0.15) is 35.8 Å². The van der Waals surface area contributed by atoms with Crippen LogP contribution in [0.25, 0.3) is 11.2 Å². The lowest BCUT2D eigenvalue weighted by atomic mass is 10.1. The Morgan fingerprint density at radius 3 is 2.60 bits per heavy atom. The van der Waals surface area contributed by atoms with Crippen LogP contribution in [-0.4, -0.2) is 57.7 Å². The molecule has 2 N–H and O–H groups in total. The number of pyridine rings is 1. The van der Waals surface area contributed by atoms with Gasteiger partial charge in [0.05, 0.1) is 24.4 Å². The summed E-state index contributed by atoms with van der Waals surface area (Å²) in [7, 11) is 0. The SMILES string of the molecule is O[C@@H]1CO[C@H]2[C@@H]1OC[C@H]2Oc1nc2nc(CCc3c(F)cccc3F)c(F)cc2[nH]1. The molecule has 7 nitrogen and oxygen atoms in total. The monoisotopic (exact) mass is 421 g/mol. The number of imidazole rings is 1. The van der Waals surface area contributed by atoms with Gasteiger partial charge in [0, 0.05) is 11.6 Å². The van der Waals surface area contributed by atoms with Gasteiger partial charge in [-0.2, -0.15) is 4.98 Å². The van der Waals surface area contributed by atoms with E-state index in [1.807, 2.05) is 0 Å². The molecule has 0 amide bonds. The van der Waals surface area contributed by atoms with E-state index in [2.05, 4.69) is 15.0 Å². The van der Waals surface area contributed by atoms with Gasteiger partial charge in [0.15, 0.2) is 11.8 Å². The molecule has 0 radical (unpaired) electrons. The quantitative estimate of drug-likeness (QED) is 0.656. The summed E-state index contributed by atoms with van der Waals surface area (Å²) in [4.78, 5) is 11.2. The predicted molar refractivity (Wildman–Crippen MR) is 97.5 cm³/mol. The van der Waals surface area contributed by atoms with E-state index in [4.69, 9.17) is 14.2 Å². The van der Waals surface area contributed by atoms with Crippen molar-refractivity contribution in [2.24, 2.45) is 0 Å². The third-order valence-corrected chi connectivity index (χ3v) is 5.40. The summed E-state index contributed by atoms with van der Waals surface area (Å²) in [6, 6.07) is 4.94. The van der Waals surface area contributed by atoms with E-state index in [1.54, 1.807) is 0 Å². The first kappa shape index (κ1) is 19.3. The number of aryl methyl sites for hydroxylation is 1. The van der Waals surface area contributed by atoms with Gasteiger partial charge in [-0.05, 0) is 25.0 Å². The van der Waals surface area contributed by atoms with Crippen molar-refractivity contribution in [2.45, 2.75) is 37.3 Å². The summed E-state index contributed by atoms with van der Waals surface area (Å²) >= 11 is 0. The van der Waals surface area contributed by atoms with Crippen molar-refractivity contribution >= 4 is 11.2 Å². The average Bonchev–Trinajstić information content (AvgIpc) is 3.39.